The molecule has 19 heavy (non-hydrogen) atoms. The van der Waals surface area contributed by atoms with E-state index < -0.39 is 0 Å². The Kier molecular flexibility index (Phi) is 4.43. The van der Waals surface area contributed by atoms with Gasteiger partial charge in [0.2, 0.25) is 5.91 Å². The molecule has 1 heterocycles. The van der Waals surface area contributed by atoms with Crippen molar-refractivity contribution in [3.63, 3.8) is 0 Å². The number of carbonyl (C=O) groups is 1. The number of nitrogens with two attached hydrogens (primary N) is 1. The van der Waals surface area contributed by atoms with Crippen molar-refractivity contribution < 1.29 is 9.53 Å². The van der Waals surface area contributed by atoms with Gasteiger partial charge in [0.15, 0.2) is 0 Å². The minimum atomic E-state index is -0.0983. The predicted molar refractivity (Wildman–Crippen MR) is 74.9 cm³/mol. The van der Waals surface area contributed by atoms with Gasteiger partial charge in [-0.25, -0.2) is 0 Å². The van der Waals surface area contributed by atoms with Crippen LogP contribution in [0.3, 0.4) is 0 Å². The van der Waals surface area contributed by atoms with Gasteiger partial charge in [-0.3, -0.25) is 4.79 Å². The van der Waals surface area contributed by atoms with E-state index in [4.69, 9.17) is 10.5 Å². The van der Waals surface area contributed by atoms with Crippen molar-refractivity contribution in [2.45, 2.75) is 25.8 Å². The van der Waals surface area contributed by atoms with Crippen LogP contribution in [0, 0.1) is 5.92 Å². The lowest BCUT2D eigenvalue weighted by Crippen LogP contribution is -2.37. The number of amides is 1. The van der Waals surface area contributed by atoms with E-state index in [9.17, 15) is 4.79 Å². The Labute approximate surface area is 114 Å². The van der Waals surface area contributed by atoms with Crippen LogP contribution < -0.4 is 10.5 Å². The quantitative estimate of drug-likeness (QED) is 0.902. The molecular weight excluding hydrogens is 240 g/mol. The fourth-order valence-electron chi connectivity index (χ4n) is 2.59. The Morgan fingerprint density at radius 3 is 2.74 bits per heavy atom. The van der Waals surface area contributed by atoms with Crippen LogP contribution in [-0.2, 0) is 4.79 Å². The maximum atomic E-state index is 12.3. The molecule has 1 aromatic carbocycles. The molecule has 2 N–H and O–H groups in total. The Morgan fingerprint density at radius 1 is 1.47 bits per heavy atom. The van der Waals surface area contributed by atoms with Gasteiger partial charge in [0.05, 0.1) is 13.2 Å². The highest BCUT2D eigenvalue weighted by Crippen LogP contribution is 2.33. The molecule has 0 saturated carbocycles. The Hall–Kier alpha value is -1.55. The molecule has 2 rings (SSSR count). The molecule has 0 radical (unpaired) electrons. The molecule has 2 atom stereocenters. The zero-order valence-electron chi connectivity index (χ0n) is 11.6. The molecule has 1 fully saturated rings. The Balaban J connectivity index is 2.15. The molecule has 1 aliphatic rings. The van der Waals surface area contributed by atoms with Crippen molar-refractivity contribution in [2.24, 2.45) is 11.7 Å². The van der Waals surface area contributed by atoms with Crippen molar-refractivity contribution in [1.82, 2.24) is 4.90 Å². The number of nitrogens with zero attached hydrogens (tertiary/aromatic N) is 1. The SMILES string of the molecule is COc1ccc(C2CCCN2C(=O)C(C)CN)cc1. The summed E-state index contributed by atoms with van der Waals surface area (Å²) in [6, 6.07) is 8.17. The summed E-state index contributed by atoms with van der Waals surface area (Å²) >= 11 is 0. The Bertz CT molecular complexity index is 430. The summed E-state index contributed by atoms with van der Waals surface area (Å²) in [7, 11) is 1.66. The third-order valence-corrected chi connectivity index (χ3v) is 3.81. The summed E-state index contributed by atoms with van der Waals surface area (Å²) in [5, 5.41) is 0. The number of ether oxygens (including phenoxy) is 1. The molecule has 0 aromatic heterocycles. The van der Waals surface area contributed by atoms with E-state index in [1.807, 2.05) is 36.1 Å². The third-order valence-electron chi connectivity index (χ3n) is 3.81. The number of likely N-dealkylation sites (tertiary alicyclic amines) is 1. The van der Waals surface area contributed by atoms with Crippen LogP contribution in [0.5, 0.6) is 5.75 Å². The molecule has 4 nitrogen and oxygen atoms in total. The zero-order valence-corrected chi connectivity index (χ0v) is 11.6. The van der Waals surface area contributed by atoms with Crippen LogP contribution >= 0.6 is 0 Å². The predicted octanol–water partition coefficient (Wildman–Crippen LogP) is 1.95. The van der Waals surface area contributed by atoms with E-state index in [-0.39, 0.29) is 17.9 Å². The highest BCUT2D eigenvalue weighted by molar-refractivity contribution is 5.79. The van der Waals surface area contributed by atoms with E-state index in [0.29, 0.717) is 6.54 Å². The van der Waals surface area contributed by atoms with Crippen LogP contribution in [0.4, 0.5) is 0 Å². The van der Waals surface area contributed by atoms with Crippen LogP contribution in [0.1, 0.15) is 31.4 Å². The number of carbonyl (C=O) groups excluding carboxylic acids is 1. The molecular formula is C15H22N2O2. The lowest BCUT2D eigenvalue weighted by atomic mass is 10.0. The molecule has 0 aliphatic carbocycles. The highest BCUT2D eigenvalue weighted by Gasteiger charge is 2.31. The van der Waals surface area contributed by atoms with Crippen LogP contribution in [0.15, 0.2) is 24.3 Å². The molecule has 104 valence electrons. The molecule has 0 spiro atoms. The van der Waals surface area contributed by atoms with E-state index >= 15 is 0 Å². The van der Waals surface area contributed by atoms with Crippen LogP contribution in [0.2, 0.25) is 0 Å². The standard InChI is InChI=1S/C15H22N2O2/c1-11(10-16)15(18)17-9-3-4-14(17)12-5-7-13(19-2)8-6-12/h5-8,11,14H,3-4,9-10,16H2,1-2H3. The maximum absolute atomic E-state index is 12.3. The summed E-state index contributed by atoms with van der Waals surface area (Å²) in [6.07, 6.45) is 2.08. The normalized spacial score (nSPS) is 20.4. The third kappa shape index (κ3) is 2.89. The minimum Gasteiger partial charge on any atom is -0.497 e. The number of rotatable bonds is 4. The van der Waals surface area contributed by atoms with Crippen molar-refractivity contribution in [3.8, 4) is 5.75 Å². The van der Waals surface area contributed by atoms with Crippen LogP contribution in [-0.4, -0.2) is 31.0 Å². The van der Waals surface area contributed by atoms with Gasteiger partial charge in [-0.15, -0.1) is 0 Å². The number of methoxy groups -OCH3 is 1. The molecule has 1 amide bonds. The van der Waals surface area contributed by atoms with Crippen molar-refractivity contribution in [1.29, 1.82) is 0 Å². The maximum Gasteiger partial charge on any atom is 0.227 e. The summed E-state index contributed by atoms with van der Waals surface area (Å²) in [4.78, 5) is 14.3. The molecule has 2 unspecified atom stereocenters. The van der Waals surface area contributed by atoms with Gasteiger partial charge in [0.1, 0.15) is 5.75 Å². The highest BCUT2D eigenvalue weighted by atomic mass is 16.5. The fourth-order valence-corrected chi connectivity index (χ4v) is 2.59. The summed E-state index contributed by atoms with van der Waals surface area (Å²) in [5.74, 6) is 0.912. The second-order valence-corrected chi connectivity index (χ2v) is 5.10. The average Bonchev–Trinajstić information content (AvgIpc) is 2.95. The first-order valence-electron chi connectivity index (χ1n) is 6.82. The van der Waals surface area contributed by atoms with Gasteiger partial charge < -0.3 is 15.4 Å². The second kappa shape index (κ2) is 6.06. The molecule has 0 bridgehead atoms. The smallest absolute Gasteiger partial charge is 0.227 e. The summed E-state index contributed by atoms with van der Waals surface area (Å²) < 4.78 is 5.16. The lowest BCUT2D eigenvalue weighted by Gasteiger charge is -2.27. The van der Waals surface area contributed by atoms with E-state index in [1.54, 1.807) is 7.11 Å². The van der Waals surface area contributed by atoms with E-state index in [2.05, 4.69) is 0 Å². The van der Waals surface area contributed by atoms with Crippen molar-refractivity contribution in [2.75, 3.05) is 20.2 Å². The Morgan fingerprint density at radius 2 is 2.16 bits per heavy atom. The van der Waals surface area contributed by atoms with Gasteiger partial charge in [-0.05, 0) is 30.5 Å². The van der Waals surface area contributed by atoms with Crippen molar-refractivity contribution in [3.05, 3.63) is 29.8 Å². The monoisotopic (exact) mass is 262 g/mol. The average molecular weight is 262 g/mol. The van der Waals surface area contributed by atoms with E-state index in [0.717, 1.165) is 25.1 Å². The number of hydrogen-bond donors (Lipinski definition) is 1. The molecule has 4 heteroatoms. The van der Waals surface area contributed by atoms with Gasteiger partial charge in [0, 0.05) is 19.0 Å². The topological polar surface area (TPSA) is 55.6 Å². The molecule has 1 saturated heterocycles. The first-order valence-corrected chi connectivity index (χ1v) is 6.82. The minimum absolute atomic E-state index is 0.0983. The number of benzene rings is 1. The van der Waals surface area contributed by atoms with E-state index in [1.165, 1.54) is 5.56 Å². The fraction of sp³-hybridized carbons (Fsp3) is 0.533. The first kappa shape index (κ1) is 13.9. The zero-order chi connectivity index (χ0) is 13.8. The second-order valence-electron chi connectivity index (χ2n) is 5.10. The van der Waals surface area contributed by atoms with Gasteiger partial charge in [0.25, 0.3) is 0 Å². The lowest BCUT2D eigenvalue weighted by molar-refractivity contribution is -0.135. The molecule has 1 aliphatic heterocycles. The van der Waals surface area contributed by atoms with Gasteiger partial charge in [-0.1, -0.05) is 19.1 Å². The van der Waals surface area contributed by atoms with Crippen LogP contribution in [0.25, 0.3) is 0 Å². The first-order chi connectivity index (χ1) is 9.17. The summed E-state index contributed by atoms with van der Waals surface area (Å²) in [6.45, 7) is 3.14. The summed E-state index contributed by atoms with van der Waals surface area (Å²) in [5.41, 5.74) is 6.78. The number of hydrogen-bond acceptors (Lipinski definition) is 3. The van der Waals surface area contributed by atoms with Gasteiger partial charge in [-0.2, -0.15) is 0 Å². The molecule has 1 aromatic rings. The largest absolute Gasteiger partial charge is 0.497 e. The van der Waals surface area contributed by atoms with Crippen molar-refractivity contribution >= 4 is 5.91 Å². The van der Waals surface area contributed by atoms with Gasteiger partial charge >= 0.3 is 0 Å².